The Morgan fingerprint density at radius 3 is 2.53 bits per heavy atom. The molecule has 3 nitrogen and oxygen atoms in total. The van der Waals surface area contributed by atoms with Gasteiger partial charge in [0.15, 0.2) is 0 Å². The number of amides is 1. The maximum Gasteiger partial charge on any atom is 0.239 e. The van der Waals surface area contributed by atoms with E-state index in [2.05, 4.69) is 24.5 Å². The molecule has 0 radical (unpaired) electrons. The average molecular weight is 232 g/mol. The first kappa shape index (κ1) is 12.0. The Labute approximate surface area is 103 Å². The average Bonchev–Trinajstić information content (AvgIpc) is 3.11. The Bertz CT molecular complexity index is 382. The summed E-state index contributed by atoms with van der Waals surface area (Å²) in [6.45, 7) is 4.54. The van der Waals surface area contributed by atoms with E-state index in [9.17, 15) is 4.79 Å². The van der Waals surface area contributed by atoms with Gasteiger partial charge in [0.1, 0.15) is 0 Å². The number of para-hydroxylation sites is 1. The second-order valence-corrected chi connectivity index (χ2v) is 5.26. The topological polar surface area (TPSA) is 41.1 Å². The quantitative estimate of drug-likeness (QED) is 0.818. The zero-order valence-electron chi connectivity index (χ0n) is 10.5. The first-order valence-corrected chi connectivity index (χ1v) is 6.18. The lowest BCUT2D eigenvalue weighted by Crippen LogP contribution is -2.47. The molecule has 1 aromatic carbocycles. The first-order valence-electron chi connectivity index (χ1n) is 6.18. The third-order valence-electron chi connectivity index (χ3n) is 3.29. The van der Waals surface area contributed by atoms with Crippen molar-refractivity contribution in [2.75, 3.05) is 11.9 Å². The summed E-state index contributed by atoms with van der Waals surface area (Å²) in [5, 5.41) is 6.20. The molecule has 1 saturated carbocycles. The van der Waals surface area contributed by atoms with Gasteiger partial charge in [-0.25, -0.2) is 0 Å². The van der Waals surface area contributed by atoms with Gasteiger partial charge in [-0.15, -0.1) is 0 Å². The fourth-order valence-electron chi connectivity index (χ4n) is 2.05. The molecule has 0 aromatic heterocycles. The van der Waals surface area contributed by atoms with Crippen LogP contribution in [0.4, 0.5) is 5.69 Å². The summed E-state index contributed by atoms with van der Waals surface area (Å²) in [6.07, 6.45) is 2.47. The van der Waals surface area contributed by atoms with Crippen LogP contribution < -0.4 is 10.6 Å². The van der Waals surface area contributed by atoms with E-state index in [1.807, 2.05) is 30.3 Å². The van der Waals surface area contributed by atoms with E-state index >= 15 is 0 Å². The van der Waals surface area contributed by atoms with Gasteiger partial charge in [0.05, 0.1) is 6.54 Å². The Balaban J connectivity index is 1.78. The van der Waals surface area contributed by atoms with Gasteiger partial charge in [-0.2, -0.15) is 0 Å². The van der Waals surface area contributed by atoms with Crippen LogP contribution in [-0.2, 0) is 4.79 Å². The molecule has 1 fully saturated rings. The maximum atomic E-state index is 11.8. The molecule has 1 amide bonds. The lowest BCUT2D eigenvalue weighted by Gasteiger charge is -2.26. The number of anilines is 1. The summed E-state index contributed by atoms with van der Waals surface area (Å²) in [6, 6.07) is 9.78. The normalized spacial score (nSPS) is 15.4. The van der Waals surface area contributed by atoms with Gasteiger partial charge in [0, 0.05) is 11.2 Å². The molecule has 0 saturated heterocycles. The monoisotopic (exact) mass is 232 g/mol. The maximum absolute atomic E-state index is 11.8. The van der Waals surface area contributed by atoms with Gasteiger partial charge in [-0.1, -0.05) is 18.2 Å². The molecule has 0 aliphatic heterocycles. The second-order valence-electron chi connectivity index (χ2n) is 5.26. The molecule has 0 unspecified atom stereocenters. The summed E-state index contributed by atoms with van der Waals surface area (Å²) in [7, 11) is 0. The molecule has 0 bridgehead atoms. The van der Waals surface area contributed by atoms with E-state index in [1.165, 1.54) is 12.8 Å². The highest BCUT2D eigenvalue weighted by Gasteiger charge is 2.38. The molecule has 1 aromatic rings. The minimum Gasteiger partial charge on any atom is -0.376 e. The minimum atomic E-state index is -0.0601. The molecule has 1 aliphatic rings. The lowest BCUT2D eigenvalue weighted by molar-refractivity contribution is -0.121. The summed E-state index contributed by atoms with van der Waals surface area (Å²) in [5.41, 5.74) is 0.919. The Hall–Kier alpha value is -1.51. The summed E-state index contributed by atoms with van der Waals surface area (Å²) < 4.78 is 0. The molecule has 92 valence electrons. The van der Waals surface area contributed by atoms with Gasteiger partial charge in [-0.3, -0.25) is 4.79 Å². The van der Waals surface area contributed by atoms with Gasteiger partial charge >= 0.3 is 0 Å². The summed E-state index contributed by atoms with van der Waals surface area (Å²) >= 11 is 0. The van der Waals surface area contributed by atoms with Crippen LogP contribution in [0.15, 0.2) is 30.3 Å². The third kappa shape index (κ3) is 3.48. The van der Waals surface area contributed by atoms with E-state index in [-0.39, 0.29) is 11.4 Å². The van der Waals surface area contributed by atoms with E-state index < -0.39 is 0 Å². The zero-order chi connectivity index (χ0) is 12.3. The van der Waals surface area contributed by atoms with E-state index in [1.54, 1.807) is 0 Å². The third-order valence-corrected chi connectivity index (χ3v) is 3.29. The fourth-order valence-corrected chi connectivity index (χ4v) is 2.05. The van der Waals surface area contributed by atoms with Crippen molar-refractivity contribution >= 4 is 11.6 Å². The number of carbonyl (C=O) groups is 1. The van der Waals surface area contributed by atoms with Crippen molar-refractivity contribution in [2.45, 2.75) is 32.2 Å². The van der Waals surface area contributed by atoms with Gasteiger partial charge in [0.2, 0.25) is 5.91 Å². The molecule has 3 heteroatoms. The summed E-state index contributed by atoms with van der Waals surface area (Å²) in [4.78, 5) is 11.8. The zero-order valence-corrected chi connectivity index (χ0v) is 10.5. The van der Waals surface area contributed by atoms with Crippen molar-refractivity contribution in [2.24, 2.45) is 5.92 Å². The molecular weight excluding hydrogens is 212 g/mol. The number of carbonyl (C=O) groups excluding carboxylic acids is 1. The highest BCUT2D eigenvalue weighted by molar-refractivity contribution is 5.81. The summed E-state index contributed by atoms with van der Waals surface area (Å²) in [5.74, 6) is 0.717. The van der Waals surface area contributed by atoms with Crippen molar-refractivity contribution in [3.63, 3.8) is 0 Å². The number of benzene rings is 1. The van der Waals surface area contributed by atoms with E-state index in [0.29, 0.717) is 12.5 Å². The number of hydrogen-bond donors (Lipinski definition) is 2. The van der Waals surface area contributed by atoms with E-state index in [4.69, 9.17) is 0 Å². The van der Waals surface area contributed by atoms with Crippen LogP contribution in [0.3, 0.4) is 0 Å². The standard InChI is InChI=1S/C14H20N2O/c1-14(2,11-8-9-11)16-13(17)10-15-12-6-4-3-5-7-12/h3-7,11,15H,8-10H2,1-2H3,(H,16,17). The predicted octanol–water partition coefficient (Wildman–Crippen LogP) is 2.40. The van der Waals surface area contributed by atoms with Crippen LogP contribution in [0.25, 0.3) is 0 Å². The lowest BCUT2D eigenvalue weighted by atomic mass is 9.99. The molecular formula is C14H20N2O. The Morgan fingerprint density at radius 1 is 1.29 bits per heavy atom. The molecule has 17 heavy (non-hydrogen) atoms. The number of rotatable bonds is 5. The fraction of sp³-hybridized carbons (Fsp3) is 0.500. The van der Waals surface area contributed by atoms with Gasteiger partial charge in [0.25, 0.3) is 0 Å². The van der Waals surface area contributed by atoms with Crippen molar-refractivity contribution in [3.8, 4) is 0 Å². The van der Waals surface area contributed by atoms with Crippen LogP contribution in [0.1, 0.15) is 26.7 Å². The number of hydrogen-bond acceptors (Lipinski definition) is 2. The largest absolute Gasteiger partial charge is 0.376 e. The molecule has 2 N–H and O–H groups in total. The van der Waals surface area contributed by atoms with Crippen molar-refractivity contribution in [1.82, 2.24) is 5.32 Å². The minimum absolute atomic E-state index is 0.0601. The predicted molar refractivity (Wildman–Crippen MR) is 69.9 cm³/mol. The molecule has 2 rings (SSSR count). The van der Waals surface area contributed by atoms with Gasteiger partial charge in [-0.05, 0) is 44.7 Å². The first-order chi connectivity index (χ1) is 8.08. The molecule has 1 aliphatic carbocycles. The second kappa shape index (κ2) is 4.78. The van der Waals surface area contributed by atoms with Crippen molar-refractivity contribution in [1.29, 1.82) is 0 Å². The molecule has 0 heterocycles. The van der Waals surface area contributed by atoms with Crippen LogP contribution in [0.5, 0.6) is 0 Å². The van der Waals surface area contributed by atoms with Crippen molar-refractivity contribution in [3.05, 3.63) is 30.3 Å². The van der Waals surface area contributed by atoms with Crippen LogP contribution in [-0.4, -0.2) is 18.0 Å². The van der Waals surface area contributed by atoms with Crippen LogP contribution >= 0.6 is 0 Å². The Kier molecular flexibility index (Phi) is 3.36. The SMILES string of the molecule is CC(C)(NC(=O)CNc1ccccc1)C1CC1. The van der Waals surface area contributed by atoms with Crippen molar-refractivity contribution < 1.29 is 4.79 Å². The van der Waals surface area contributed by atoms with Gasteiger partial charge < -0.3 is 10.6 Å². The van der Waals surface area contributed by atoms with Crippen LogP contribution in [0, 0.1) is 5.92 Å². The molecule has 0 spiro atoms. The van der Waals surface area contributed by atoms with E-state index in [0.717, 1.165) is 5.69 Å². The highest BCUT2D eigenvalue weighted by Crippen LogP contribution is 2.39. The highest BCUT2D eigenvalue weighted by atomic mass is 16.2. The smallest absolute Gasteiger partial charge is 0.239 e. The Morgan fingerprint density at radius 2 is 1.94 bits per heavy atom. The number of nitrogens with one attached hydrogen (secondary N) is 2. The molecule has 0 atom stereocenters. The van der Waals surface area contributed by atoms with Crippen LogP contribution in [0.2, 0.25) is 0 Å².